The quantitative estimate of drug-likeness (QED) is 0.888. The predicted molar refractivity (Wildman–Crippen MR) is 73.7 cm³/mol. The molecule has 1 aliphatic heterocycles. The third-order valence-corrected chi connectivity index (χ3v) is 3.45. The number of nitrogens with zero attached hydrogens (tertiary/aromatic N) is 2. The van der Waals surface area contributed by atoms with E-state index in [4.69, 9.17) is 10.5 Å². The highest BCUT2D eigenvalue weighted by Gasteiger charge is 2.22. The summed E-state index contributed by atoms with van der Waals surface area (Å²) in [6.07, 6.45) is 4.40. The van der Waals surface area contributed by atoms with Crippen LogP contribution < -0.4 is 10.6 Å². The summed E-state index contributed by atoms with van der Waals surface area (Å²) in [5.41, 5.74) is 7.14. The molecule has 4 heteroatoms. The van der Waals surface area contributed by atoms with Crippen LogP contribution in [0.4, 0.5) is 5.82 Å². The van der Waals surface area contributed by atoms with E-state index in [0.29, 0.717) is 6.10 Å². The van der Waals surface area contributed by atoms with Gasteiger partial charge in [0.15, 0.2) is 0 Å². The second-order valence-electron chi connectivity index (χ2n) is 4.85. The van der Waals surface area contributed by atoms with E-state index in [1.165, 1.54) is 0 Å². The first-order valence-corrected chi connectivity index (χ1v) is 6.79. The molecule has 0 aliphatic carbocycles. The molecule has 1 fully saturated rings. The number of aromatic nitrogens is 1. The lowest BCUT2D eigenvalue weighted by atomic mass is 10.1. The Bertz CT molecular complexity index is 373. The van der Waals surface area contributed by atoms with Gasteiger partial charge in [-0.2, -0.15) is 0 Å². The number of rotatable bonds is 4. The molecule has 0 unspecified atom stereocenters. The zero-order valence-electron chi connectivity index (χ0n) is 11.3. The largest absolute Gasteiger partial charge is 0.378 e. The van der Waals surface area contributed by atoms with Crippen molar-refractivity contribution in [1.82, 2.24) is 4.98 Å². The topological polar surface area (TPSA) is 51.4 Å². The van der Waals surface area contributed by atoms with Crippen molar-refractivity contribution in [2.45, 2.75) is 38.8 Å². The molecule has 0 spiro atoms. The number of piperidine rings is 1. The maximum Gasteiger partial charge on any atom is 0.133 e. The van der Waals surface area contributed by atoms with Gasteiger partial charge in [0.25, 0.3) is 0 Å². The Hall–Kier alpha value is -1.13. The molecule has 1 aromatic heterocycles. The summed E-state index contributed by atoms with van der Waals surface area (Å²) >= 11 is 0. The minimum atomic E-state index is 0.0262. The van der Waals surface area contributed by atoms with E-state index in [1.54, 1.807) is 0 Å². The Labute approximate surface area is 109 Å². The lowest BCUT2D eigenvalue weighted by Crippen LogP contribution is -2.38. The monoisotopic (exact) mass is 249 g/mol. The van der Waals surface area contributed by atoms with Crippen molar-refractivity contribution >= 4 is 5.82 Å². The van der Waals surface area contributed by atoms with Crippen LogP contribution in [0.5, 0.6) is 0 Å². The molecule has 2 heterocycles. The fraction of sp³-hybridized carbons (Fsp3) is 0.643. The van der Waals surface area contributed by atoms with Crippen molar-refractivity contribution in [3.05, 3.63) is 23.9 Å². The predicted octanol–water partition coefficient (Wildman–Crippen LogP) is 2.11. The van der Waals surface area contributed by atoms with E-state index in [0.717, 1.165) is 43.9 Å². The van der Waals surface area contributed by atoms with Crippen LogP contribution in [0.1, 0.15) is 38.3 Å². The molecule has 4 nitrogen and oxygen atoms in total. The van der Waals surface area contributed by atoms with Crippen LogP contribution in [0.25, 0.3) is 0 Å². The number of hydrogen-bond donors (Lipinski definition) is 1. The highest BCUT2D eigenvalue weighted by atomic mass is 16.5. The van der Waals surface area contributed by atoms with Gasteiger partial charge in [0, 0.05) is 37.5 Å². The van der Waals surface area contributed by atoms with E-state index in [-0.39, 0.29) is 6.04 Å². The molecule has 0 radical (unpaired) electrons. The van der Waals surface area contributed by atoms with Crippen molar-refractivity contribution in [1.29, 1.82) is 0 Å². The Kier molecular flexibility index (Phi) is 4.55. The van der Waals surface area contributed by atoms with Gasteiger partial charge in [0.2, 0.25) is 0 Å². The number of ether oxygens (including phenoxy) is 1. The summed E-state index contributed by atoms with van der Waals surface area (Å²) in [4.78, 5) is 6.83. The molecule has 1 saturated heterocycles. The molecular formula is C14H23N3O. The van der Waals surface area contributed by atoms with Crippen LogP contribution in [-0.4, -0.2) is 30.8 Å². The zero-order valence-corrected chi connectivity index (χ0v) is 11.3. The second kappa shape index (κ2) is 6.16. The summed E-state index contributed by atoms with van der Waals surface area (Å²) in [5.74, 6) is 1.04. The standard InChI is InChI=1S/C14H23N3O/c1-3-18-12-6-9-17(10-7-12)14-13(11(2)15)5-4-8-16-14/h4-5,8,11-12H,3,6-7,9-10,15H2,1-2H3/t11-/m1/s1. The highest BCUT2D eigenvalue weighted by molar-refractivity contribution is 5.48. The van der Waals surface area contributed by atoms with Crippen LogP contribution in [0.3, 0.4) is 0 Å². The summed E-state index contributed by atoms with van der Waals surface area (Å²) in [5, 5.41) is 0. The minimum Gasteiger partial charge on any atom is -0.378 e. The molecule has 0 aromatic carbocycles. The van der Waals surface area contributed by atoms with Crippen molar-refractivity contribution in [3.63, 3.8) is 0 Å². The highest BCUT2D eigenvalue weighted by Crippen LogP contribution is 2.25. The van der Waals surface area contributed by atoms with Gasteiger partial charge in [-0.3, -0.25) is 0 Å². The van der Waals surface area contributed by atoms with Gasteiger partial charge in [0.1, 0.15) is 5.82 Å². The molecule has 100 valence electrons. The number of hydrogen-bond acceptors (Lipinski definition) is 4. The maximum absolute atomic E-state index is 6.00. The molecule has 0 amide bonds. The number of nitrogens with two attached hydrogens (primary N) is 1. The van der Waals surface area contributed by atoms with Crippen LogP contribution >= 0.6 is 0 Å². The average Bonchev–Trinajstić information content (AvgIpc) is 2.40. The lowest BCUT2D eigenvalue weighted by Gasteiger charge is -2.34. The number of anilines is 1. The van der Waals surface area contributed by atoms with E-state index in [2.05, 4.69) is 22.9 Å². The zero-order chi connectivity index (χ0) is 13.0. The van der Waals surface area contributed by atoms with Gasteiger partial charge < -0.3 is 15.4 Å². The first-order valence-electron chi connectivity index (χ1n) is 6.79. The molecule has 18 heavy (non-hydrogen) atoms. The summed E-state index contributed by atoms with van der Waals surface area (Å²) in [6.45, 7) is 6.87. The van der Waals surface area contributed by atoms with Crippen molar-refractivity contribution in [3.8, 4) is 0 Å². The number of pyridine rings is 1. The Morgan fingerprint density at radius 2 is 2.22 bits per heavy atom. The normalized spacial score (nSPS) is 18.9. The average molecular weight is 249 g/mol. The van der Waals surface area contributed by atoms with Gasteiger partial charge in [0.05, 0.1) is 6.10 Å². The van der Waals surface area contributed by atoms with Crippen molar-refractivity contribution in [2.75, 3.05) is 24.6 Å². The van der Waals surface area contributed by atoms with Gasteiger partial charge in [-0.1, -0.05) is 6.07 Å². The smallest absolute Gasteiger partial charge is 0.133 e. The van der Waals surface area contributed by atoms with Crippen LogP contribution in [0.2, 0.25) is 0 Å². The summed E-state index contributed by atoms with van der Waals surface area (Å²) < 4.78 is 5.67. The first kappa shape index (κ1) is 13.3. The molecule has 0 bridgehead atoms. The van der Waals surface area contributed by atoms with Gasteiger partial charge in [-0.25, -0.2) is 4.98 Å². The first-order chi connectivity index (χ1) is 8.72. The van der Waals surface area contributed by atoms with Gasteiger partial charge in [-0.05, 0) is 32.8 Å². The van der Waals surface area contributed by atoms with E-state index in [1.807, 2.05) is 19.2 Å². The third-order valence-electron chi connectivity index (χ3n) is 3.45. The molecule has 2 rings (SSSR count). The molecule has 1 aliphatic rings. The van der Waals surface area contributed by atoms with Gasteiger partial charge >= 0.3 is 0 Å². The van der Waals surface area contributed by atoms with E-state index < -0.39 is 0 Å². The minimum absolute atomic E-state index is 0.0262. The Morgan fingerprint density at radius 1 is 1.50 bits per heavy atom. The SMILES string of the molecule is CCOC1CCN(c2ncccc2[C@@H](C)N)CC1. The Balaban J connectivity index is 2.05. The fourth-order valence-corrected chi connectivity index (χ4v) is 2.50. The van der Waals surface area contributed by atoms with E-state index >= 15 is 0 Å². The molecule has 1 atom stereocenters. The maximum atomic E-state index is 6.00. The molecular weight excluding hydrogens is 226 g/mol. The van der Waals surface area contributed by atoms with E-state index in [9.17, 15) is 0 Å². The van der Waals surface area contributed by atoms with Crippen molar-refractivity contribution in [2.24, 2.45) is 5.73 Å². The molecule has 2 N–H and O–H groups in total. The van der Waals surface area contributed by atoms with Crippen LogP contribution in [0, 0.1) is 0 Å². The van der Waals surface area contributed by atoms with Crippen LogP contribution in [-0.2, 0) is 4.74 Å². The van der Waals surface area contributed by atoms with Crippen LogP contribution in [0.15, 0.2) is 18.3 Å². The molecule has 0 saturated carbocycles. The van der Waals surface area contributed by atoms with Gasteiger partial charge in [-0.15, -0.1) is 0 Å². The fourth-order valence-electron chi connectivity index (χ4n) is 2.50. The second-order valence-corrected chi connectivity index (χ2v) is 4.85. The Morgan fingerprint density at radius 3 is 2.83 bits per heavy atom. The molecule has 1 aromatic rings. The third kappa shape index (κ3) is 3.00. The lowest BCUT2D eigenvalue weighted by molar-refractivity contribution is 0.0458. The van der Waals surface area contributed by atoms with Crippen molar-refractivity contribution < 1.29 is 4.74 Å². The summed E-state index contributed by atoms with van der Waals surface area (Å²) in [7, 11) is 0. The summed E-state index contributed by atoms with van der Waals surface area (Å²) in [6, 6.07) is 4.05.